The van der Waals surface area contributed by atoms with Crippen LogP contribution in [-0.4, -0.2) is 47.1 Å². The number of rotatable bonds is 2. The SMILES string of the molecule is CN(c1nsc2ccccc12)[C@H]1CCCN(C(=O)OC(C)(C)C)C1. The fourth-order valence-corrected chi connectivity index (χ4v) is 3.87. The van der Waals surface area contributed by atoms with E-state index in [0.29, 0.717) is 6.54 Å². The van der Waals surface area contributed by atoms with Gasteiger partial charge in [-0.1, -0.05) is 12.1 Å². The zero-order valence-corrected chi connectivity index (χ0v) is 15.6. The Morgan fingerprint density at radius 2 is 2.12 bits per heavy atom. The number of aromatic nitrogens is 1. The van der Waals surface area contributed by atoms with Crippen LogP contribution < -0.4 is 4.90 Å². The molecule has 1 aromatic heterocycles. The topological polar surface area (TPSA) is 45.7 Å². The van der Waals surface area contributed by atoms with Gasteiger partial charge in [-0.25, -0.2) is 4.79 Å². The van der Waals surface area contributed by atoms with E-state index in [4.69, 9.17) is 4.74 Å². The first kappa shape index (κ1) is 17.0. The summed E-state index contributed by atoms with van der Waals surface area (Å²) >= 11 is 1.52. The highest BCUT2D eigenvalue weighted by Gasteiger charge is 2.30. The number of fused-ring (bicyclic) bond motifs is 1. The molecule has 0 N–H and O–H groups in total. The Morgan fingerprint density at radius 3 is 2.88 bits per heavy atom. The van der Waals surface area contributed by atoms with Crippen molar-refractivity contribution in [3.63, 3.8) is 0 Å². The van der Waals surface area contributed by atoms with E-state index in [9.17, 15) is 4.79 Å². The third-order valence-electron chi connectivity index (χ3n) is 4.29. The maximum atomic E-state index is 12.4. The molecule has 0 saturated carbocycles. The minimum absolute atomic E-state index is 0.219. The minimum atomic E-state index is -0.457. The molecule has 1 atom stereocenters. The van der Waals surface area contributed by atoms with E-state index in [2.05, 4.69) is 28.5 Å². The van der Waals surface area contributed by atoms with Crippen LogP contribution in [0.2, 0.25) is 0 Å². The number of benzene rings is 1. The van der Waals surface area contributed by atoms with Gasteiger partial charge in [0.2, 0.25) is 0 Å². The van der Waals surface area contributed by atoms with Crippen molar-refractivity contribution in [2.24, 2.45) is 0 Å². The van der Waals surface area contributed by atoms with Crippen LogP contribution in [0.5, 0.6) is 0 Å². The molecule has 3 rings (SSSR count). The molecule has 1 amide bonds. The first-order chi connectivity index (χ1) is 11.3. The average Bonchev–Trinajstić information content (AvgIpc) is 2.97. The molecule has 0 aliphatic carbocycles. The lowest BCUT2D eigenvalue weighted by Crippen LogP contribution is -2.50. The minimum Gasteiger partial charge on any atom is -0.444 e. The monoisotopic (exact) mass is 347 g/mol. The lowest BCUT2D eigenvalue weighted by Gasteiger charge is -2.38. The summed E-state index contributed by atoms with van der Waals surface area (Å²) in [6.07, 6.45) is 1.82. The molecule has 0 unspecified atom stereocenters. The van der Waals surface area contributed by atoms with E-state index < -0.39 is 5.60 Å². The Morgan fingerprint density at radius 1 is 1.38 bits per heavy atom. The van der Waals surface area contributed by atoms with Crippen molar-refractivity contribution < 1.29 is 9.53 Å². The van der Waals surface area contributed by atoms with E-state index >= 15 is 0 Å². The molecule has 24 heavy (non-hydrogen) atoms. The van der Waals surface area contributed by atoms with Gasteiger partial charge in [-0.15, -0.1) is 0 Å². The number of ether oxygens (including phenoxy) is 1. The van der Waals surface area contributed by atoms with Crippen LogP contribution in [0, 0.1) is 0 Å². The molecule has 5 nitrogen and oxygen atoms in total. The normalized spacial score (nSPS) is 18.7. The summed E-state index contributed by atoms with van der Waals surface area (Å²) in [5.41, 5.74) is -0.457. The van der Waals surface area contributed by atoms with Crippen LogP contribution in [0.3, 0.4) is 0 Å². The second-order valence-electron chi connectivity index (χ2n) is 7.34. The number of hydrogen-bond acceptors (Lipinski definition) is 5. The number of nitrogens with zero attached hydrogens (tertiary/aromatic N) is 3. The molecule has 2 aromatic rings. The molecular weight excluding hydrogens is 322 g/mol. The van der Waals surface area contributed by atoms with Crippen molar-refractivity contribution >= 4 is 33.5 Å². The number of likely N-dealkylation sites (tertiary alicyclic amines) is 1. The number of hydrogen-bond donors (Lipinski definition) is 0. The van der Waals surface area contributed by atoms with Crippen molar-refractivity contribution in [3.05, 3.63) is 24.3 Å². The van der Waals surface area contributed by atoms with Gasteiger partial charge in [0.15, 0.2) is 0 Å². The molecule has 1 fully saturated rings. The van der Waals surface area contributed by atoms with E-state index in [1.807, 2.05) is 37.8 Å². The van der Waals surface area contributed by atoms with Gasteiger partial charge >= 0.3 is 6.09 Å². The maximum absolute atomic E-state index is 12.4. The van der Waals surface area contributed by atoms with Crippen molar-refractivity contribution in [2.75, 3.05) is 25.0 Å². The fourth-order valence-electron chi connectivity index (χ4n) is 3.06. The van der Waals surface area contributed by atoms with Gasteiger partial charge in [-0.05, 0) is 57.3 Å². The standard InChI is InChI=1S/C18H25N3O2S/c1-18(2,3)23-17(22)21-11-7-8-13(12-21)20(4)16-14-9-5-6-10-15(14)24-19-16/h5-6,9-10,13H,7-8,11-12H2,1-4H3/t13-/m0/s1. The predicted molar refractivity (Wildman–Crippen MR) is 98.9 cm³/mol. The highest BCUT2D eigenvalue weighted by Crippen LogP contribution is 2.31. The Labute approximate surface area is 147 Å². The molecule has 6 heteroatoms. The second-order valence-corrected chi connectivity index (χ2v) is 8.14. The molecule has 0 spiro atoms. The van der Waals surface area contributed by atoms with E-state index in [1.54, 1.807) is 0 Å². The van der Waals surface area contributed by atoms with Crippen molar-refractivity contribution in [1.29, 1.82) is 0 Å². The van der Waals surface area contributed by atoms with Gasteiger partial charge in [0.1, 0.15) is 11.4 Å². The summed E-state index contributed by atoms with van der Waals surface area (Å²) in [6, 6.07) is 8.55. The first-order valence-corrected chi connectivity index (χ1v) is 9.18. The number of likely N-dealkylation sites (N-methyl/N-ethyl adjacent to an activating group) is 1. The third kappa shape index (κ3) is 3.64. The summed E-state index contributed by atoms with van der Waals surface area (Å²) in [5.74, 6) is 1.01. The zero-order valence-electron chi connectivity index (χ0n) is 14.8. The van der Waals surface area contributed by atoms with E-state index in [-0.39, 0.29) is 12.1 Å². The van der Waals surface area contributed by atoms with Gasteiger partial charge < -0.3 is 14.5 Å². The maximum Gasteiger partial charge on any atom is 0.410 e. The van der Waals surface area contributed by atoms with Gasteiger partial charge in [0, 0.05) is 31.6 Å². The quantitative estimate of drug-likeness (QED) is 0.819. The van der Waals surface area contributed by atoms with Crippen LogP contribution in [0.25, 0.3) is 10.1 Å². The molecule has 130 valence electrons. The highest BCUT2D eigenvalue weighted by atomic mass is 32.1. The zero-order chi connectivity index (χ0) is 17.3. The summed E-state index contributed by atoms with van der Waals surface area (Å²) < 4.78 is 11.3. The van der Waals surface area contributed by atoms with Gasteiger partial charge in [-0.2, -0.15) is 4.37 Å². The molecule has 1 aromatic carbocycles. The van der Waals surface area contributed by atoms with Gasteiger partial charge in [0.25, 0.3) is 0 Å². The molecule has 1 saturated heterocycles. The van der Waals surface area contributed by atoms with Crippen LogP contribution in [0.1, 0.15) is 33.6 Å². The molecule has 0 radical (unpaired) electrons. The molecule has 2 heterocycles. The predicted octanol–water partition coefficient (Wildman–Crippen LogP) is 4.13. The Bertz CT molecular complexity index is 722. The number of carbonyl (C=O) groups is 1. The highest BCUT2D eigenvalue weighted by molar-refractivity contribution is 7.13. The average molecular weight is 347 g/mol. The van der Waals surface area contributed by atoms with Crippen LogP contribution in [0.15, 0.2) is 24.3 Å². The molecule has 0 bridgehead atoms. The van der Waals surface area contributed by atoms with Crippen LogP contribution in [0.4, 0.5) is 10.6 Å². The smallest absolute Gasteiger partial charge is 0.410 e. The fraction of sp³-hybridized carbons (Fsp3) is 0.556. The van der Waals surface area contributed by atoms with Crippen molar-refractivity contribution in [2.45, 2.75) is 45.3 Å². The number of amides is 1. The molecular formula is C18H25N3O2S. The first-order valence-electron chi connectivity index (χ1n) is 8.40. The Balaban J connectivity index is 1.73. The van der Waals surface area contributed by atoms with Crippen LogP contribution >= 0.6 is 11.5 Å². The summed E-state index contributed by atoms with van der Waals surface area (Å²) in [7, 11) is 2.07. The van der Waals surface area contributed by atoms with E-state index in [0.717, 1.165) is 25.2 Å². The van der Waals surface area contributed by atoms with E-state index in [1.165, 1.54) is 21.6 Å². The molecule has 1 aliphatic rings. The van der Waals surface area contributed by atoms with Gasteiger partial charge in [0.05, 0.1) is 4.70 Å². The van der Waals surface area contributed by atoms with Gasteiger partial charge in [-0.3, -0.25) is 0 Å². The lowest BCUT2D eigenvalue weighted by atomic mass is 10.0. The van der Waals surface area contributed by atoms with Crippen molar-refractivity contribution in [3.8, 4) is 0 Å². The van der Waals surface area contributed by atoms with Crippen molar-refractivity contribution in [1.82, 2.24) is 9.27 Å². The summed E-state index contributed by atoms with van der Waals surface area (Å²) in [6.45, 7) is 7.15. The number of carbonyl (C=O) groups excluding carboxylic acids is 1. The second kappa shape index (κ2) is 6.59. The third-order valence-corrected chi connectivity index (χ3v) is 5.11. The molecule has 1 aliphatic heterocycles. The number of anilines is 1. The lowest BCUT2D eigenvalue weighted by molar-refractivity contribution is 0.0199. The Hall–Kier alpha value is -1.82. The summed E-state index contributed by atoms with van der Waals surface area (Å²) in [5, 5.41) is 1.18. The number of piperidine rings is 1. The Kier molecular flexibility index (Phi) is 4.67. The summed E-state index contributed by atoms with van der Waals surface area (Å²) in [4.78, 5) is 16.4. The largest absolute Gasteiger partial charge is 0.444 e. The van der Waals surface area contributed by atoms with Crippen LogP contribution in [-0.2, 0) is 4.74 Å².